The van der Waals surface area contributed by atoms with Gasteiger partial charge in [-0.15, -0.1) is 0 Å². The van der Waals surface area contributed by atoms with Crippen molar-refractivity contribution in [3.05, 3.63) is 40.6 Å². The number of benzene rings is 1. The van der Waals surface area contributed by atoms with Gasteiger partial charge < -0.3 is 9.32 Å². The van der Waals surface area contributed by atoms with E-state index in [1.165, 1.54) is 0 Å². The van der Waals surface area contributed by atoms with E-state index in [0.29, 0.717) is 23.8 Å². The smallest absolute Gasteiger partial charge is 0.278 e. The van der Waals surface area contributed by atoms with Gasteiger partial charge in [0.2, 0.25) is 5.82 Å². The Labute approximate surface area is 166 Å². The Bertz CT molecular complexity index is 969. The van der Waals surface area contributed by atoms with Crippen LogP contribution in [0.1, 0.15) is 50.1 Å². The normalized spacial score (nSPS) is 11.8. The van der Waals surface area contributed by atoms with Crippen molar-refractivity contribution in [1.82, 2.24) is 19.9 Å². The fraction of sp³-hybridized carbons (Fsp3) is 0.455. The van der Waals surface area contributed by atoms with Gasteiger partial charge in [-0.3, -0.25) is 4.68 Å². The fourth-order valence-corrected chi connectivity index (χ4v) is 3.49. The van der Waals surface area contributed by atoms with Gasteiger partial charge in [0.15, 0.2) is 5.69 Å². The van der Waals surface area contributed by atoms with Gasteiger partial charge >= 0.3 is 0 Å². The van der Waals surface area contributed by atoms with Crippen molar-refractivity contribution in [3.8, 4) is 23.0 Å². The van der Waals surface area contributed by atoms with Crippen LogP contribution in [0.15, 0.2) is 22.7 Å². The molecule has 28 heavy (non-hydrogen) atoms. The summed E-state index contributed by atoms with van der Waals surface area (Å²) >= 11 is 0. The van der Waals surface area contributed by atoms with Gasteiger partial charge in [-0.1, -0.05) is 25.9 Å². The largest absolute Gasteiger partial charge is 0.332 e. The molecular weight excluding hydrogens is 352 g/mol. The fourth-order valence-electron chi connectivity index (χ4n) is 3.49. The zero-order valence-corrected chi connectivity index (χ0v) is 17.5. The second-order valence-corrected chi connectivity index (χ2v) is 8.46. The van der Waals surface area contributed by atoms with Crippen molar-refractivity contribution in [2.45, 2.75) is 60.9 Å². The molecule has 0 saturated heterocycles. The molecule has 0 aliphatic carbocycles. The molecule has 6 heteroatoms. The molecule has 0 atom stereocenters. The SMILES string of the molecule is CCn1nc(-c2nc(-c3cc(C)c(CC=O)c(C)c3)no2)cc1CC(C)(C)C. The number of aromatic nitrogens is 4. The molecule has 0 N–H and O–H groups in total. The molecule has 6 nitrogen and oxygen atoms in total. The third-order valence-corrected chi connectivity index (χ3v) is 4.76. The van der Waals surface area contributed by atoms with Crippen LogP contribution in [0.2, 0.25) is 0 Å². The van der Waals surface area contributed by atoms with Crippen molar-refractivity contribution < 1.29 is 9.32 Å². The van der Waals surface area contributed by atoms with Crippen molar-refractivity contribution in [3.63, 3.8) is 0 Å². The Morgan fingerprint density at radius 1 is 1.14 bits per heavy atom. The number of aldehydes is 1. The third-order valence-electron chi connectivity index (χ3n) is 4.76. The average molecular weight is 380 g/mol. The summed E-state index contributed by atoms with van der Waals surface area (Å²) in [4.78, 5) is 15.5. The monoisotopic (exact) mass is 380 g/mol. The topological polar surface area (TPSA) is 73.8 Å². The van der Waals surface area contributed by atoms with Crippen molar-refractivity contribution in [1.29, 1.82) is 0 Å². The number of carbonyl (C=O) groups excluding carboxylic acids is 1. The van der Waals surface area contributed by atoms with E-state index in [0.717, 1.165) is 47.2 Å². The van der Waals surface area contributed by atoms with Crippen molar-refractivity contribution >= 4 is 6.29 Å². The van der Waals surface area contributed by atoms with Crippen LogP contribution in [-0.2, 0) is 24.2 Å². The van der Waals surface area contributed by atoms with Gasteiger partial charge in [0.25, 0.3) is 5.89 Å². The maximum absolute atomic E-state index is 10.9. The molecule has 0 fully saturated rings. The molecule has 2 aromatic heterocycles. The lowest BCUT2D eigenvalue weighted by Gasteiger charge is -2.18. The maximum atomic E-state index is 10.9. The van der Waals surface area contributed by atoms with Crippen LogP contribution in [0.3, 0.4) is 0 Å². The highest BCUT2D eigenvalue weighted by atomic mass is 16.5. The summed E-state index contributed by atoms with van der Waals surface area (Å²) in [6.07, 6.45) is 2.27. The van der Waals surface area contributed by atoms with Gasteiger partial charge in [0.1, 0.15) is 6.29 Å². The minimum atomic E-state index is 0.169. The van der Waals surface area contributed by atoms with E-state index in [2.05, 4.69) is 42.9 Å². The second kappa shape index (κ2) is 7.70. The summed E-state index contributed by atoms with van der Waals surface area (Å²) in [6, 6.07) is 6.03. The quantitative estimate of drug-likeness (QED) is 0.586. The minimum absolute atomic E-state index is 0.169. The predicted molar refractivity (Wildman–Crippen MR) is 109 cm³/mol. The summed E-state index contributed by atoms with van der Waals surface area (Å²) in [5.74, 6) is 0.951. The molecule has 2 heterocycles. The molecule has 3 rings (SSSR count). The van der Waals surface area contributed by atoms with Gasteiger partial charge in [-0.25, -0.2) is 0 Å². The van der Waals surface area contributed by atoms with E-state index >= 15 is 0 Å². The highest BCUT2D eigenvalue weighted by Gasteiger charge is 2.20. The highest BCUT2D eigenvalue weighted by molar-refractivity contribution is 5.64. The number of hydrogen-bond donors (Lipinski definition) is 0. The molecule has 0 unspecified atom stereocenters. The van der Waals surface area contributed by atoms with Crippen molar-refractivity contribution in [2.24, 2.45) is 5.41 Å². The number of nitrogens with zero attached hydrogens (tertiary/aromatic N) is 4. The van der Waals surface area contributed by atoms with E-state index in [4.69, 9.17) is 4.52 Å². The van der Waals surface area contributed by atoms with Crippen molar-refractivity contribution in [2.75, 3.05) is 0 Å². The summed E-state index contributed by atoms with van der Waals surface area (Å²) in [5, 5.41) is 8.80. The number of aryl methyl sites for hydroxylation is 3. The Morgan fingerprint density at radius 2 is 1.82 bits per heavy atom. The predicted octanol–water partition coefficient (Wildman–Crippen LogP) is 4.57. The standard InChI is InChI=1S/C22H28N4O2/c1-7-26-17(13-22(4,5)6)12-19(24-26)21-23-20(25-28-21)16-10-14(2)18(8-9-27)15(3)11-16/h9-12H,7-8,13H2,1-6H3. The van der Waals surface area contributed by atoms with Crippen LogP contribution in [0.4, 0.5) is 0 Å². The lowest BCUT2D eigenvalue weighted by atomic mass is 9.90. The van der Waals surface area contributed by atoms with E-state index in [1.807, 2.05) is 36.7 Å². The minimum Gasteiger partial charge on any atom is -0.332 e. The summed E-state index contributed by atoms with van der Waals surface area (Å²) in [5.41, 5.74) is 6.07. The summed E-state index contributed by atoms with van der Waals surface area (Å²) in [7, 11) is 0. The Morgan fingerprint density at radius 3 is 2.39 bits per heavy atom. The number of carbonyl (C=O) groups is 1. The molecule has 1 aromatic carbocycles. The first kappa shape index (κ1) is 20.0. The first-order chi connectivity index (χ1) is 13.2. The van der Waals surface area contributed by atoms with E-state index in [9.17, 15) is 4.79 Å². The first-order valence-electron chi connectivity index (χ1n) is 9.66. The molecular formula is C22H28N4O2. The highest BCUT2D eigenvalue weighted by Crippen LogP contribution is 2.28. The first-order valence-corrected chi connectivity index (χ1v) is 9.66. The van der Waals surface area contributed by atoms with Crippen LogP contribution in [0, 0.1) is 19.3 Å². The molecule has 0 aliphatic rings. The van der Waals surface area contributed by atoms with Crippen LogP contribution >= 0.6 is 0 Å². The van der Waals surface area contributed by atoms with E-state index < -0.39 is 0 Å². The van der Waals surface area contributed by atoms with Crippen LogP contribution in [-0.4, -0.2) is 26.2 Å². The Kier molecular flexibility index (Phi) is 5.49. The van der Waals surface area contributed by atoms with E-state index in [-0.39, 0.29) is 5.41 Å². The average Bonchev–Trinajstić information content (AvgIpc) is 3.23. The van der Waals surface area contributed by atoms with Crippen LogP contribution in [0.5, 0.6) is 0 Å². The number of rotatable bonds is 6. The molecule has 0 bridgehead atoms. The molecule has 0 radical (unpaired) electrons. The van der Waals surface area contributed by atoms with Crippen LogP contribution in [0.25, 0.3) is 23.0 Å². The van der Waals surface area contributed by atoms with Gasteiger partial charge in [-0.05, 0) is 67.5 Å². The lowest BCUT2D eigenvalue weighted by molar-refractivity contribution is -0.107. The summed E-state index contributed by atoms with van der Waals surface area (Å²) < 4.78 is 7.51. The second-order valence-electron chi connectivity index (χ2n) is 8.46. The van der Waals surface area contributed by atoms with Gasteiger partial charge in [-0.2, -0.15) is 10.1 Å². The third kappa shape index (κ3) is 4.21. The van der Waals surface area contributed by atoms with E-state index in [1.54, 1.807) is 0 Å². The zero-order chi connectivity index (χ0) is 20.5. The van der Waals surface area contributed by atoms with Gasteiger partial charge in [0, 0.05) is 24.2 Å². The Balaban J connectivity index is 1.94. The number of hydrogen-bond acceptors (Lipinski definition) is 5. The molecule has 0 aliphatic heterocycles. The molecule has 0 spiro atoms. The zero-order valence-electron chi connectivity index (χ0n) is 17.5. The van der Waals surface area contributed by atoms with Crippen LogP contribution < -0.4 is 0 Å². The maximum Gasteiger partial charge on any atom is 0.278 e. The molecule has 3 aromatic rings. The summed E-state index contributed by atoms with van der Waals surface area (Å²) in [6.45, 7) is 13.5. The molecule has 0 saturated carbocycles. The Hall–Kier alpha value is -2.76. The van der Waals surface area contributed by atoms with Gasteiger partial charge in [0.05, 0.1) is 0 Å². The lowest BCUT2D eigenvalue weighted by Crippen LogP contribution is -2.13. The molecule has 0 amide bonds. The molecule has 148 valence electrons.